The van der Waals surface area contributed by atoms with Crippen molar-refractivity contribution in [1.29, 1.82) is 0 Å². The third kappa shape index (κ3) is 1.92. The summed E-state index contributed by atoms with van der Waals surface area (Å²) in [6.45, 7) is 0.747. The van der Waals surface area contributed by atoms with Crippen LogP contribution in [0.3, 0.4) is 0 Å². The van der Waals surface area contributed by atoms with Gasteiger partial charge in [0.2, 0.25) is 5.89 Å². The second-order valence-corrected chi connectivity index (χ2v) is 6.81. The van der Waals surface area contributed by atoms with E-state index in [4.69, 9.17) is 15.2 Å². The highest BCUT2D eigenvalue weighted by atomic mass is 16.5. The number of fused-ring (bicyclic) bond motifs is 2. The fourth-order valence-corrected chi connectivity index (χ4v) is 4.75. The van der Waals surface area contributed by atoms with Gasteiger partial charge < -0.3 is 10.3 Å². The zero-order chi connectivity index (χ0) is 12.8. The highest BCUT2D eigenvalue weighted by Crippen LogP contribution is 2.52. The van der Waals surface area contributed by atoms with Crippen molar-refractivity contribution in [3.05, 3.63) is 11.7 Å². The minimum atomic E-state index is 0.421. The van der Waals surface area contributed by atoms with Crippen molar-refractivity contribution in [3.8, 4) is 0 Å². The number of rotatable bonds is 3. The van der Waals surface area contributed by atoms with E-state index in [1.165, 1.54) is 44.9 Å². The van der Waals surface area contributed by atoms with Crippen LogP contribution < -0.4 is 5.73 Å². The van der Waals surface area contributed by atoms with Crippen LogP contribution in [0.25, 0.3) is 0 Å². The van der Waals surface area contributed by atoms with Crippen LogP contribution in [0.15, 0.2) is 4.52 Å². The Bertz CT molecular complexity index is 437. The topological polar surface area (TPSA) is 64.9 Å². The molecule has 19 heavy (non-hydrogen) atoms. The molecule has 4 heteroatoms. The van der Waals surface area contributed by atoms with Crippen LogP contribution in [-0.4, -0.2) is 16.7 Å². The van der Waals surface area contributed by atoms with Gasteiger partial charge in [-0.15, -0.1) is 0 Å². The summed E-state index contributed by atoms with van der Waals surface area (Å²) in [4.78, 5) is 4.76. The fourth-order valence-electron chi connectivity index (χ4n) is 4.75. The van der Waals surface area contributed by atoms with Crippen LogP contribution in [0.4, 0.5) is 0 Å². The Hall–Kier alpha value is -0.900. The molecule has 1 heterocycles. The summed E-state index contributed by atoms with van der Waals surface area (Å²) in [7, 11) is 0. The summed E-state index contributed by atoms with van der Waals surface area (Å²) in [5, 5.41) is 4.30. The predicted octanol–water partition coefficient (Wildman–Crippen LogP) is 2.82. The van der Waals surface area contributed by atoms with Crippen molar-refractivity contribution in [2.45, 2.75) is 56.8 Å². The molecule has 0 radical (unpaired) electrons. The van der Waals surface area contributed by atoms with Crippen molar-refractivity contribution >= 4 is 0 Å². The molecule has 2 N–H and O–H groups in total. The molecule has 0 spiro atoms. The number of nitrogens with two attached hydrogens (primary N) is 1. The zero-order valence-electron chi connectivity index (χ0n) is 11.4. The third-order valence-corrected chi connectivity index (χ3v) is 5.81. The van der Waals surface area contributed by atoms with Gasteiger partial charge in [0.1, 0.15) is 0 Å². The van der Waals surface area contributed by atoms with Gasteiger partial charge in [0.25, 0.3) is 0 Å². The molecular formula is C15H23N3O. The highest BCUT2D eigenvalue weighted by molar-refractivity contribution is 5.08. The Labute approximate surface area is 114 Å². The lowest BCUT2D eigenvalue weighted by molar-refractivity contribution is 0.316. The number of hydrogen-bond acceptors (Lipinski definition) is 4. The molecule has 0 amide bonds. The normalized spacial score (nSPS) is 41.2. The van der Waals surface area contributed by atoms with E-state index in [-0.39, 0.29) is 0 Å². The first-order valence-electron chi connectivity index (χ1n) is 7.88. The molecular weight excluding hydrogens is 238 g/mol. The first-order valence-corrected chi connectivity index (χ1v) is 7.88. The fraction of sp³-hybridized carbons (Fsp3) is 0.867. The molecule has 0 saturated heterocycles. The summed E-state index contributed by atoms with van der Waals surface area (Å²) in [6, 6.07) is 0. The van der Waals surface area contributed by atoms with Crippen LogP contribution in [0.1, 0.15) is 68.5 Å². The summed E-state index contributed by atoms with van der Waals surface area (Å²) < 4.78 is 5.58. The molecule has 3 aliphatic rings. The molecule has 1 aromatic rings. The van der Waals surface area contributed by atoms with E-state index < -0.39 is 0 Å². The molecule has 2 bridgehead atoms. The van der Waals surface area contributed by atoms with Crippen LogP contribution in [0.5, 0.6) is 0 Å². The third-order valence-electron chi connectivity index (χ3n) is 5.81. The molecule has 104 valence electrons. The molecule has 5 unspecified atom stereocenters. The molecule has 4 rings (SSSR count). The average Bonchev–Trinajstić information content (AvgIpc) is 3.19. The zero-order valence-corrected chi connectivity index (χ0v) is 11.4. The second-order valence-electron chi connectivity index (χ2n) is 6.81. The largest absolute Gasteiger partial charge is 0.339 e. The Kier molecular flexibility index (Phi) is 2.87. The van der Waals surface area contributed by atoms with E-state index >= 15 is 0 Å². The van der Waals surface area contributed by atoms with Crippen molar-refractivity contribution < 1.29 is 4.52 Å². The van der Waals surface area contributed by atoms with E-state index in [0.717, 1.165) is 30.1 Å². The van der Waals surface area contributed by atoms with Crippen molar-refractivity contribution in [1.82, 2.24) is 10.1 Å². The maximum Gasteiger partial charge on any atom is 0.230 e. The lowest BCUT2D eigenvalue weighted by Gasteiger charge is -2.17. The molecule has 3 fully saturated rings. The van der Waals surface area contributed by atoms with Gasteiger partial charge in [0.05, 0.1) is 0 Å². The number of hydrogen-bond donors (Lipinski definition) is 1. The van der Waals surface area contributed by atoms with Crippen LogP contribution in [0, 0.1) is 17.8 Å². The highest BCUT2D eigenvalue weighted by Gasteiger charge is 2.43. The van der Waals surface area contributed by atoms with Gasteiger partial charge in [-0.2, -0.15) is 4.98 Å². The Morgan fingerprint density at radius 2 is 2.05 bits per heavy atom. The monoisotopic (exact) mass is 261 g/mol. The molecule has 5 atom stereocenters. The van der Waals surface area contributed by atoms with Gasteiger partial charge in [0.15, 0.2) is 5.82 Å². The molecule has 3 saturated carbocycles. The minimum Gasteiger partial charge on any atom is -0.339 e. The smallest absolute Gasteiger partial charge is 0.230 e. The summed E-state index contributed by atoms with van der Waals surface area (Å²) in [5.74, 6) is 5.16. The number of aromatic nitrogens is 2. The van der Waals surface area contributed by atoms with Gasteiger partial charge in [-0.25, -0.2) is 0 Å². The predicted molar refractivity (Wildman–Crippen MR) is 71.6 cm³/mol. The molecule has 1 aromatic heterocycles. The van der Waals surface area contributed by atoms with Gasteiger partial charge >= 0.3 is 0 Å². The summed E-state index contributed by atoms with van der Waals surface area (Å²) >= 11 is 0. The maximum absolute atomic E-state index is 5.85. The maximum atomic E-state index is 5.85. The summed E-state index contributed by atoms with van der Waals surface area (Å²) in [5.41, 5.74) is 5.85. The van der Waals surface area contributed by atoms with Crippen molar-refractivity contribution in [3.63, 3.8) is 0 Å². The van der Waals surface area contributed by atoms with E-state index in [9.17, 15) is 0 Å². The van der Waals surface area contributed by atoms with Gasteiger partial charge in [-0.1, -0.05) is 18.0 Å². The van der Waals surface area contributed by atoms with Crippen molar-refractivity contribution in [2.75, 3.05) is 6.54 Å². The van der Waals surface area contributed by atoms with Crippen molar-refractivity contribution in [2.24, 2.45) is 23.5 Å². The van der Waals surface area contributed by atoms with Gasteiger partial charge in [0, 0.05) is 11.8 Å². The summed E-state index contributed by atoms with van der Waals surface area (Å²) in [6.07, 6.45) is 9.10. The quantitative estimate of drug-likeness (QED) is 0.908. The van der Waals surface area contributed by atoms with Crippen LogP contribution in [-0.2, 0) is 0 Å². The van der Waals surface area contributed by atoms with E-state index in [0.29, 0.717) is 17.8 Å². The molecule has 0 aromatic carbocycles. The number of nitrogens with zero attached hydrogens (tertiary/aromatic N) is 2. The second kappa shape index (κ2) is 4.58. The van der Waals surface area contributed by atoms with Gasteiger partial charge in [-0.05, 0) is 56.4 Å². The van der Waals surface area contributed by atoms with Crippen LogP contribution >= 0.6 is 0 Å². The van der Waals surface area contributed by atoms with E-state index in [1.807, 2.05) is 0 Å². The molecule has 0 aliphatic heterocycles. The Morgan fingerprint density at radius 1 is 1.11 bits per heavy atom. The lowest BCUT2D eigenvalue weighted by atomic mass is 9.88. The van der Waals surface area contributed by atoms with E-state index in [1.54, 1.807) is 0 Å². The van der Waals surface area contributed by atoms with E-state index in [2.05, 4.69) is 5.16 Å². The lowest BCUT2D eigenvalue weighted by Crippen LogP contribution is -2.17. The Balaban J connectivity index is 1.53. The molecule has 3 aliphatic carbocycles. The SMILES string of the molecule is NCC1CCCC1c1nc(C2CC3CCC2C3)no1. The van der Waals surface area contributed by atoms with Crippen LogP contribution in [0.2, 0.25) is 0 Å². The standard InChI is InChI=1S/C15H23N3O/c16-8-11-2-1-3-12(11)15-17-14(18-19-15)13-7-9-4-5-10(13)6-9/h9-13H,1-8,16H2. The Morgan fingerprint density at radius 3 is 2.79 bits per heavy atom. The minimum absolute atomic E-state index is 0.421. The average molecular weight is 261 g/mol. The molecule has 4 nitrogen and oxygen atoms in total. The first kappa shape index (κ1) is 11.9. The van der Waals surface area contributed by atoms with Gasteiger partial charge in [-0.3, -0.25) is 0 Å². The first-order chi connectivity index (χ1) is 9.35.